The molecule has 1 saturated heterocycles. The van der Waals surface area contributed by atoms with Crippen molar-refractivity contribution in [2.75, 3.05) is 26.7 Å². The van der Waals surface area contributed by atoms with Crippen molar-refractivity contribution in [2.45, 2.75) is 78.5 Å². The molecule has 0 aromatic carbocycles. The number of hydrogen-bond donors (Lipinski definition) is 0. The van der Waals surface area contributed by atoms with Crippen molar-refractivity contribution < 1.29 is 9.53 Å². The summed E-state index contributed by atoms with van der Waals surface area (Å²) in [5.74, 6) is 0. The maximum Gasteiger partial charge on any atom is 0.293 e. The summed E-state index contributed by atoms with van der Waals surface area (Å²) in [4.78, 5) is 14.5. The van der Waals surface area contributed by atoms with Crippen LogP contribution in [0.3, 0.4) is 0 Å². The minimum absolute atomic E-state index is 0.0301. The van der Waals surface area contributed by atoms with Gasteiger partial charge >= 0.3 is 0 Å². The Bertz CT molecular complexity index is 247. The van der Waals surface area contributed by atoms with Crippen molar-refractivity contribution >= 4 is 6.47 Å². The van der Waals surface area contributed by atoms with Gasteiger partial charge in [0, 0.05) is 25.2 Å². The molecule has 1 fully saturated rings. The van der Waals surface area contributed by atoms with E-state index < -0.39 is 0 Å². The third kappa shape index (κ3) is 9.86. The number of hydrogen-bond acceptors (Lipinski definition) is 4. The number of piperazine rings is 1. The van der Waals surface area contributed by atoms with Crippen LogP contribution in [-0.4, -0.2) is 61.1 Å². The molecule has 0 spiro atoms. The average Bonchev–Trinajstić information content (AvgIpc) is 2.41. The minimum Gasteiger partial charge on any atom is -0.465 e. The van der Waals surface area contributed by atoms with E-state index in [1.54, 1.807) is 13.8 Å². The molecule has 0 aromatic heterocycles. The first-order valence-electron chi connectivity index (χ1n) is 8.45. The molecule has 0 amide bonds. The Morgan fingerprint density at radius 3 is 2.10 bits per heavy atom. The maximum absolute atomic E-state index is 9.39. The number of likely N-dealkylation sites (N-methyl/N-ethyl adjacent to an activating group) is 1. The van der Waals surface area contributed by atoms with Crippen LogP contribution in [0.4, 0.5) is 0 Å². The smallest absolute Gasteiger partial charge is 0.293 e. The Morgan fingerprint density at radius 2 is 1.71 bits per heavy atom. The molecule has 21 heavy (non-hydrogen) atoms. The number of ether oxygens (including phenoxy) is 1. The van der Waals surface area contributed by atoms with Gasteiger partial charge in [0.1, 0.15) is 0 Å². The standard InChI is InChI=1S/C13H28N2.C4H8O2/c1-5-6-7-8-9-15-10-12(2)14(4)13(3)11-15;1-4(2)6-3-5/h12-13H,5-11H2,1-4H3;3-4H,1-2H3. The SMILES string of the molecule is CC(C)OC=O.CCCCCCN1CC(C)N(C)C(C)C1. The molecule has 0 aromatic rings. The Kier molecular flexibility index (Phi) is 11.6. The summed E-state index contributed by atoms with van der Waals surface area (Å²) in [7, 11) is 2.25. The molecule has 1 rings (SSSR count). The fourth-order valence-corrected chi connectivity index (χ4v) is 2.57. The van der Waals surface area contributed by atoms with Crippen molar-refractivity contribution in [1.82, 2.24) is 9.80 Å². The second-order valence-corrected chi connectivity index (χ2v) is 6.46. The summed E-state index contributed by atoms with van der Waals surface area (Å²) in [6.45, 7) is 14.8. The maximum atomic E-state index is 9.39. The van der Waals surface area contributed by atoms with Crippen LogP contribution in [0.2, 0.25) is 0 Å². The highest BCUT2D eigenvalue weighted by Gasteiger charge is 2.25. The summed E-state index contributed by atoms with van der Waals surface area (Å²) in [5.41, 5.74) is 0. The van der Waals surface area contributed by atoms with Gasteiger partial charge in [0.15, 0.2) is 0 Å². The molecule has 0 radical (unpaired) electrons. The highest BCUT2D eigenvalue weighted by molar-refractivity contribution is 5.37. The third-order valence-electron chi connectivity index (χ3n) is 4.09. The fraction of sp³-hybridized carbons (Fsp3) is 0.941. The Labute approximate surface area is 131 Å². The second kappa shape index (κ2) is 12.0. The molecule has 1 heterocycles. The minimum atomic E-state index is 0.0301. The van der Waals surface area contributed by atoms with E-state index in [4.69, 9.17) is 0 Å². The van der Waals surface area contributed by atoms with Gasteiger partial charge in [0.25, 0.3) is 6.47 Å². The first-order chi connectivity index (χ1) is 9.92. The lowest BCUT2D eigenvalue weighted by molar-refractivity contribution is -0.131. The summed E-state index contributed by atoms with van der Waals surface area (Å²) in [6.07, 6.45) is 5.57. The molecule has 126 valence electrons. The van der Waals surface area contributed by atoms with Crippen LogP contribution < -0.4 is 0 Å². The zero-order valence-corrected chi connectivity index (χ0v) is 15.0. The first-order valence-corrected chi connectivity index (χ1v) is 8.45. The lowest BCUT2D eigenvalue weighted by Gasteiger charge is -2.42. The number of nitrogens with zero attached hydrogens (tertiary/aromatic N) is 2. The molecule has 2 unspecified atom stereocenters. The van der Waals surface area contributed by atoms with E-state index >= 15 is 0 Å². The van der Waals surface area contributed by atoms with Crippen LogP contribution in [0.15, 0.2) is 0 Å². The molecule has 0 bridgehead atoms. The fourth-order valence-electron chi connectivity index (χ4n) is 2.57. The van der Waals surface area contributed by atoms with Gasteiger partial charge in [-0.05, 0) is 47.7 Å². The molecule has 0 aliphatic carbocycles. The first kappa shape index (κ1) is 20.4. The van der Waals surface area contributed by atoms with Gasteiger partial charge in [-0.3, -0.25) is 9.69 Å². The topological polar surface area (TPSA) is 32.8 Å². The monoisotopic (exact) mass is 300 g/mol. The van der Waals surface area contributed by atoms with Crippen molar-refractivity contribution in [1.29, 1.82) is 0 Å². The Morgan fingerprint density at radius 1 is 1.14 bits per heavy atom. The number of carbonyl (C=O) groups excluding carboxylic acids is 1. The normalized spacial score (nSPS) is 23.6. The lowest BCUT2D eigenvalue weighted by Crippen LogP contribution is -2.54. The highest BCUT2D eigenvalue weighted by atomic mass is 16.5. The van der Waals surface area contributed by atoms with E-state index in [1.807, 2.05) is 0 Å². The van der Waals surface area contributed by atoms with Crippen molar-refractivity contribution in [3.8, 4) is 0 Å². The predicted molar refractivity (Wildman–Crippen MR) is 89.6 cm³/mol. The Hall–Kier alpha value is -0.610. The number of rotatable bonds is 7. The number of carbonyl (C=O) groups is 1. The van der Waals surface area contributed by atoms with Crippen LogP contribution in [0.5, 0.6) is 0 Å². The zero-order valence-electron chi connectivity index (χ0n) is 15.0. The highest BCUT2D eigenvalue weighted by Crippen LogP contribution is 2.14. The molecule has 2 atom stereocenters. The summed E-state index contributed by atoms with van der Waals surface area (Å²) in [6, 6.07) is 1.44. The molecule has 1 aliphatic heterocycles. The van der Waals surface area contributed by atoms with Gasteiger partial charge in [0.2, 0.25) is 0 Å². The van der Waals surface area contributed by atoms with E-state index in [-0.39, 0.29) is 6.10 Å². The molecule has 4 heteroatoms. The van der Waals surface area contributed by atoms with E-state index in [1.165, 1.54) is 45.3 Å². The van der Waals surface area contributed by atoms with Gasteiger partial charge < -0.3 is 9.64 Å². The van der Waals surface area contributed by atoms with Gasteiger partial charge in [-0.2, -0.15) is 0 Å². The van der Waals surface area contributed by atoms with E-state index in [0.717, 1.165) is 12.1 Å². The van der Waals surface area contributed by atoms with Crippen molar-refractivity contribution in [3.05, 3.63) is 0 Å². The van der Waals surface area contributed by atoms with Crippen LogP contribution in [-0.2, 0) is 9.53 Å². The van der Waals surface area contributed by atoms with Crippen LogP contribution in [0.25, 0.3) is 0 Å². The average molecular weight is 300 g/mol. The van der Waals surface area contributed by atoms with Gasteiger partial charge in [0.05, 0.1) is 6.10 Å². The van der Waals surface area contributed by atoms with E-state index in [2.05, 4.69) is 42.4 Å². The predicted octanol–water partition coefficient (Wildman–Crippen LogP) is 3.16. The zero-order chi connectivity index (χ0) is 16.3. The lowest BCUT2D eigenvalue weighted by atomic mass is 10.1. The number of unbranched alkanes of at least 4 members (excludes halogenated alkanes) is 3. The van der Waals surface area contributed by atoms with Gasteiger partial charge in [-0.1, -0.05) is 26.2 Å². The van der Waals surface area contributed by atoms with Crippen LogP contribution in [0.1, 0.15) is 60.3 Å². The molecule has 0 saturated carbocycles. The van der Waals surface area contributed by atoms with E-state index in [9.17, 15) is 4.79 Å². The van der Waals surface area contributed by atoms with Crippen molar-refractivity contribution in [3.63, 3.8) is 0 Å². The van der Waals surface area contributed by atoms with E-state index in [0.29, 0.717) is 6.47 Å². The van der Waals surface area contributed by atoms with Crippen LogP contribution in [0, 0.1) is 0 Å². The quantitative estimate of drug-likeness (QED) is 0.534. The molecule has 1 aliphatic rings. The largest absolute Gasteiger partial charge is 0.465 e. The summed E-state index contributed by atoms with van der Waals surface area (Å²) in [5, 5.41) is 0. The Balaban J connectivity index is 0.000000567. The molecule has 4 nitrogen and oxygen atoms in total. The summed E-state index contributed by atoms with van der Waals surface area (Å²) < 4.78 is 4.36. The molecule has 0 N–H and O–H groups in total. The third-order valence-corrected chi connectivity index (χ3v) is 4.09. The van der Waals surface area contributed by atoms with Crippen molar-refractivity contribution in [2.24, 2.45) is 0 Å². The second-order valence-electron chi connectivity index (χ2n) is 6.46. The van der Waals surface area contributed by atoms with Gasteiger partial charge in [-0.25, -0.2) is 0 Å². The van der Waals surface area contributed by atoms with Gasteiger partial charge in [-0.15, -0.1) is 0 Å². The van der Waals surface area contributed by atoms with Crippen LogP contribution >= 0.6 is 0 Å². The summed E-state index contributed by atoms with van der Waals surface area (Å²) >= 11 is 0. The molecular weight excluding hydrogens is 264 g/mol. The molecular formula is C17H36N2O2.